The van der Waals surface area contributed by atoms with Crippen molar-refractivity contribution in [3.05, 3.63) is 105 Å². The van der Waals surface area contributed by atoms with Crippen LogP contribution < -0.4 is 5.56 Å². The van der Waals surface area contributed by atoms with Crippen LogP contribution in [0, 0.1) is 13.8 Å². The molecule has 1 N–H and O–H groups in total. The Bertz CT molecular complexity index is 1330. The monoisotopic (exact) mass is 458 g/mol. The third kappa shape index (κ3) is 5.07. The Morgan fingerprint density at radius 3 is 2.27 bits per heavy atom. The van der Waals surface area contributed by atoms with Gasteiger partial charge in [-0.05, 0) is 38.0 Å². The maximum Gasteiger partial charge on any atom is 0.262 e. The van der Waals surface area contributed by atoms with Gasteiger partial charge in [-0.15, -0.1) is 0 Å². The van der Waals surface area contributed by atoms with Crippen molar-refractivity contribution in [3.8, 4) is 0 Å². The number of carbonyl (C=O) groups is 1. The first-order valence-electron chi connectivity index (χ1n) is 10.9. The summed E-state index contributed by atoms with van der Waals surface area (Å²) in [5.41, 5.74) is 4.09. The summed E-state index contributed by atoms with van der Waals surface area (Å²) in [5, 5.41) is 9.80. The van der Waals surface area contributed by atoms with Crippen LogP contribution in [0.15, 0.2) is 82.7 Å². The van der Waals surface area contributed by atoms with Crippen LogP contribution in [0.2, 0.25) is 0 Å². The van der Waals surface area contributed by atoms with E-state index in [9.17, 15) is 14.7 Å². The highest BCUT2D eigenvalue weighted by molar-refractivity contribution is 8.00. The summed E-state index contributed by atoms with van der Waals surface area (Å²) in [7, 11) is 0. The topological polar surface area (TPSA) is 72.2 Å². The molecule has 0 fully saturated rings. The molecule has 1 heterocycles. The molecular formula is C27H26N2O3S. The van der Waals surface area contributed by atoms with Gasteiger partial charge in [0.2, 0.25) is 0 Å². The zero-order chi connectivity index (χ0) is 23.4. The molecule has 0 saturated carbocycles. The Morgan fingerprint density at radius 1 is 0.970 bits per heavy atom. The molecule has 33 heavy (non-hydrogen) atoms. The van der Waals surface area contributed by atoms with Gasteiger partial charge >= 0.3 is 0 Å². The number of thioether (sulfide) groups is 1. The fourth-order valence-electron chi connectivity index (χ4n) is 3.65. The van der Waals surface area contributed by atoms with Crippen LogP contribution in [0.4, 0.5) is 0 Å². The summed E-state index contributed by atoms with van der Waals surface area (Å²) in [4.78, 5) is 31.6. The number of Topliss-reactive ketones (excluding diaryl/α,β-unsaturated/α-hetero) is 1. The molecule has 1 unspecified atom stereocenters. The van der Waals surface area contributed by atoms with Crippen LogP contribution in [0.5, 0.6) is 0 Å². The van der Waals surface area contributed by atoms with Crippen LogP contribution in [-0.2, 0) is 6.54 Å². The van der Waals surface area contributed by atoms with Crippen molar-refractivity contribution in [2.75, 3.05) is 6.61 Å². The number of para-hydroxylation sites is 1. The minimum atomic E-state index is -0.568. The molecule has 0 bridgehead atoms. The van der Waals surface area contributed by atoms with E-state index in [0.29, 0.717) is 34.6 Å². The number of carbonyl (C=O) groups excluding carboxylic acids is 1. The molecule has 4 aromatic rings. The van der Waals surface area contributed by atoms with E-state index in [1.54, 1.807) is 16.7 Å². The number of fused-ring (bicyclic) bond motifs is 1. The molecule has 5 nitrogen and oxygen atoms in total. The lowest BCUT2D eigenvalue weighted by Crippen LogP contribution is -2.25. The van der Waals surface area contributed by atoms with Crippen molar-refractivity contribution in [1.29, 1.82) is 0 Å². The molecule has 0 saturated heterocycles. The Labute approximate surface area is 197 Å². The lowest BCUT2D eigenvalue weighted by atomic mass is 10.0. The van der Waals surface area contributed by atoms with E-state index in [2.05, 4.69) is 0 Å². The molecule has 0 radical (unpaired) electrons. The maximum absolute atomic E-state index is 13.6. The maximum atomic E-state index is 13.6. The molecule has 0 aliphatic heterocycles. The number of ketones is 1. The smallest absolute Gasteiger partial charge is 0.262 e. The average molecular weight is 459 g/mol. The number of hydrogen-bond acceptors (Lipinski definition) is 5. The predicted octanol–water partition coefficient (Wildman–Crippen LogP) is 5.11. The first-order valence-corrected chi connectivity index (χ1v) is 11.8. The van der Waals surface area contributed by atoms with Gasteiger partial charge in [0.05, 0.1) is 10.9 Å². The van der Waals surface area contributed by atoms with Gasteiger partial charge < -0.3 is 5.11 Å². The standard InChI is InChI=1S/C27H26N2O3S/c1-18-8-12-20(13-9-18)24(31)25(21-14-10-19(2)11-15-21)33-27-28-23-7-4-3-6-22(23)26(32)29(27)16-5-17-30/h3-4,6-15,25,30H,5,16-17H2,1-2H3. The first kappa shape index (κ1) is 23.0. The summed E-state index contributed by atoms with van der Waals surface area (Å²) < 4.78 is 1.58. The summed E-state index contributed by atoms with van der Waals surface area (Å²) >= 11 is 1.28. The summed E-state index contributed by atoms with van der Waals surface area (Å²) in [6.07, 6.45) is 0.425. The van der Waals surface area contributed by atoms with Gasteiger partial charge in [-0.2, -0.15) is 0 Å². The summed E-state index contributed by atoms with van der Waals surface area (Å²) in [6, 6.07) is 22.6. The van der Waals surface area contributed by atoms with Crippen LogP contribution in [0.3, 0.4) is 0 Å². The summed E-state index contributed by atoms with van der Waals surface area (Å²) in [6.45, 7) is 4.28. The van der Waals surface area contributed by atoms with Gasteiger partial charge in [-0.3, -0.25) is 14.2 Å². The van der Waals surface area contributed by atoms with E-state index in [0.717, 1.165) is 16.7 Å². The van der Waals surface area contributed by atoms with E-state index in [-0.39, 0.29) is 17.9 Å². The van der Waals surface area contributed by atoms with Crippen LogP contribution in [0.1, 0.15) is 38.7 Å². The Morgan fingerprint density at radius 2 is 1.61 bits per heavy atom. The number of aliphatic hydroxyl groups excluding tert-OH is 1. The molecule has 0 spiro atoms. The number of aromatic nitrogens is 2. The Balaban J connectivity index is 1.83. The lowest BCUT2D eigenvalue weighted by molar-refractivity contribution is 0.0989. The zero-order valence-corrected chi connectivity index (χ0v) is 19.5. The van der Waals surface area contributed by atoms with Crippen molar-refractivity contribution in [1.82, 2.24) is 9.55 Å². The highest BCUT2D eigenvalue weighted by atomic mass is 32.2. The van der Waals surface area contributed by atoms with Gasteiger partial charge in [0.15, 0.2) is 10.9 Å². The molecule has 6 heteroatoms. The number of aliphatic hydroxyl groups is 1. The average Bonchev–Trinajstić information content (AvgIpc) is 2.83. The van der Waals surface area contributed by atoms with Crippen LogP contribution in [0.25, 0.3) is 10.9 Å². The van der Waals surface area contributed by atoms with Crippen molar-refractivity contribution in [2.24, 2.45) is 0 Å². The molecule has 0 aliphatic carbocycles. The molecular weight excluding hydrogens is 432 g/mol. The van der Waals surface area contributed by atoms with Crippen LogP contribution >= 0.6 is 11.8 Å². The molecule has 168 valence electrons. The van der Waals surface area contributed by atoms with Crippen molar-refractivity contribution in [3.63, 3.8) is 0 Å². The van der Waals surface area contributed by atoms with Gasteiger partial charge in [0.1, 0.15) is 5.25 Å². The zero-order valence-electron chi connectivity index (χ0n) is 18.7. The van der Waals surface area contributed by atoms with Gasteiger partial charge in [-0.25, -0.2) is 4.98 Å². The molecule has 3 aromatic carbocycles. The Hall–Kier alpha value is -3.22. The molecule has 0 aliphatic rings. The minimum absolute atomic E-state index is 0.0347. The highest BCUT2D eigenvalue weighted by Gasteiger charge is 2.26. The van der Waals surface area contributed by atoms with Crippen molar-refractivity contribution < 1.29 is 9.90 Å². The Kier molecular flexibility index (Phi) is 7.06. The predicted molar refractivity (Wildman–Crippen MR) is 133 cm³/mol. The molecule has 0 amide bonds. The number of rotatable bonds is 8. The van der Waals surface area contributed by atoms with Crippen molar-refractivity contribution in [2.45, 2.75) is 37.2 Å². The number of benzene rings is 3. The van der Waals surface area contributed by atoms with E-state index < -0.39 is 5.25 Å². The second kappa shape index (κ2) is 10.1. The molecule has 4 rings (SSSR count). The second-order valence-electron chi connectivity index (χ2n) is 8.08. The van der Waals surface area contributed by atoms with Crippen molar-refractivity contribution >= 4 is 28.4 Å². The minimum Gasteiger partial charge on any atom is -0.396 e. The van der Waals surface area contributed by atoms with Gasteiger partial charge in [-0.1, -0.05) is 83.6 Å². The van der Waals surface area contributed by atoms with Crippen LogP contribution in [-0.4, -0.2) is 27.0 Å². The highest BCUT2D eigenvalue weighted by Crippen LogP contribution is 2.37. The third-order valence-electron chi connectivity index (χ3n) is 5.54. The third-order valence-corrected chi connectivity index (χ3v) is 6.79. The lowest BCUT2D eigenvalue weighted by Gasteiger charge is -2.19. The molecule has 1 atom stereocenters. The quantitative estimate of drug-likeness (QED) is 0.226. The number of hydrogen-bond donors (Lipinski definition) is 1. The fourth-order valence-corrected chi connectivity index (χ4v) is 4.85. The van der Waals surface area contributed by atoms with E-state index in [1.807, 2.05) is 74.5 Å². The summed E-state index contributed by atoms with van der Waals surface area (Å²) in [5.74, 6) is -0.0417. The SMILES string of the molecule is Cc1ccc(C(=O)C(Sc2nc3ccccc3c(=O)n2CCCO)c2ccc(C)cc2)cc1. The molecule has 1 aromatic heterocycles. The normalized spacial score (nSPS) is 12.1. The van der Waals surface area contributed by atoms with Gasteiger partial charge in [0.25, 0.3) is 5.56 Å². The number of aryl methyl sites for hydroxylation is 2. The fraction of sp³-hybridized carbons (Fsp3) is 0.222. The van der Waals surface area contributed by atoms with E-state index >= 15 is 0 Å². The second-order valence-corrected chi connectivity index (χ2v) is 9.16. The number of nitrogens with zero attached hydrogens (tertiary/aromatic N) is 2. The largest absolute Gasteiger partial charge is 0.396 e. The first-order chi connectivity index (χ1) is 16.0. The van der Waals surface area contributed by atoms with E-state index in [4.69, 9.17) is 4.98 Å². The van der Waals surface area contributed by atoms with E-state index in [1.165, 1.54) is 11.8 Å². The van der Waals surface area contributed by atoms with Gasteiger partial charge in [0, 0.05) is 18.7 Å².